The van der Waals surface area contributed by atoms with E-state index in [1.807, 2.05) is 19.2 Å². The monoisotopic (exact) mass is 246 g/mol. The van der Waals surface area contributed by atoms with Gasteiger partial charge in [0.2, 0.25) is 0 Å². The number of fused-ring (bicyclic) bond motifs is 2. The first kappa shape index (κ1) is 11.0. The third kappa shape index (κ3) is 1.72. The van der Waals surface area contributed by atoms with Crippen molar-refractivity contribution in [1.29, 1.82) is 0 Å². The van der Waals surface area contributed by atoms with E-state index in [2.05, 4.69) is 11.4 Å². The molecule has 2 aromatic rings. The fraction of sp³-hybridized carbons (Fsp3) is 0.357. The van der Waals surface area contributed by atoms with Crippen LogP contribution in [0.3, 0.4) is 0 Å². The van der Waals surface area contributed by atoms with Crippen molar-refractivity contribution in [2.75, 3.05) is 7.05 Å². The van der Waals surface area contributed by atoms with Gasteiger partial charge in [-0.25, -0.2) is 0 Å². The second-order valence-corrected chi connectivity index (χ2v) is 4.94. The van der Waals surface area contributed by atoms with Crippen LogP contribution in [0.1, 0.15) is 23.2 Å². The first-order chi connectivity index (χ1) is 8.31. The van der Waals surface area contributed by atoms with Crippen LogP contribution in [-0.4, -0.2) is 12.0 Å². The number of aromatic nitrogens is 1. The van der Waals surface area contributed by atoms with Crippen molar-refractivity contribution in [3.63, 3.8) is 0 Å². The zero-order chi connectivity index (χ0) is 11.8. The lowest BCUT2D eigenvalue weighted by atomic mass is 10.0. The number of pyridine rings is 1. The smallest absolute Gasteiger partial charge is 0.0894 e. The lowest BCUT2D eigenvalue weighted by Crippen LogP contribution is -2.09. The topological polar surface area (TPSA) is 24.9 Å². The summed E-state index contributed by atoms with van der Waals surface area (Å²) in [7, 11) is 1.98. The number of benzene rings is 1. The molecule has 0 saturated heterocycles. The van der Waals surface area contributed by atoms with E-state index in [4.69, 9.17) is 16.6 Å². The molecule has 0 amide bonds. The maximum atomic E-state index is 6.25. The van der Waals surface area contributed by atoms with E-state index in [0.717, 1.165) is 29.9 Å². The molecule has 1 aromatic carbocycles. The quantitative estimate of drug-likeness (QED) is 0.881. The fourth-order valence-electron chi connectivity index (χ4n) is 2.72. The van der Waals surface area contributed by atoms with Crippen LogP contribution >= 0.6 is 11.6 Å². The maximum Gasteiger partial charge on any atom is 0.0894 e. The molecule has 1 N–H and O–H groups in total. The number of hydrogen-bond acceptors (Lipinski definition) is 2. The Morgan fingerprint density at radius 3 is 3.06 bits per heavy atom. The minimum atomic E-state index is 0.759. The maximum absolute atomic E-state index is 6.25. The molecule has 0 saturated carbocycles. The zero-order valence-electron chi connectivity index (χ0n) is 9.89. The highest BCUT2D eigenvalue weighted by Gasteiger charge is 2.19. The highest BCUT2D eigenvalue weighted by molar-refractivity contribution is 6.35. The normalized spacial score (nSPS) is 14.2. The molecule has 0 atom stereocenters. The average Bonchev–Trinajstić information content (AvgIpc) is 2.78. The van der Waals surface area contributed by atoms with Crippen molar-refractivity contribution in [1.82, 2.24) is 10.3 Å². The number of aryl methyl sites for hydroxylation is 1. The Bertz CT molecular complexity index is 578. The summed E-state index contributed by atoms with van der Waals surface area (Å²) in [5, 5.41) is 5.21. The molecule has 0 unspecified atom stereocenters. The molecule has 0 fully saturated rings. The van der Waals surface area contributed by atoms with E-state index < -0.39 is 0 Å². The molecule has 3 rings (SSSR count). The molecular formula is C14H15ClN2. The van der Waals surface area contributed by atoms with Crippen LogP contribution in [0.25, 0.3) is 10.9 Å². The predicted octanol–water partition coefficient (Wildman–Crippen LogP) is 3.10. The molecule has 1 heterocycles. The highest BCUT2D eigenvalue weighted by Crippen LogP contribution is 2.32. The first-order valence-corrected chi connectivity index (χ1v) is 6.42. The molecule has 1 aliphatic rings. The molecule has 1 aliphatic carbocycles. The summed E-state index contributed by atoms with van der Waals surface area (Å²) in [6, 6.07) is 6.05. The van der Waals surface area contributed by atoms with Gasteiger partial charge < -0.3 is 5.32 Å². The Morgan fingerprint density at radius 1 is 1.35 bits per heavy atom. The SMILES string of the molecule is CNCc1c2c(nc3c(Cl)cccc13)CCC2. The molecule has 17 heavy (non-hydrogen) atoms. The summed E-state index contributed by atoms with van der Waals surface area (Å²) in [5.74, 6) is 0. The highest BCUT2D eigenvalue weighted by atomic mass is 35.5. The van der Waals surface area contributed by atoms with Gasteiger partial charge in [-0.15, -0.1) is 0 Å². The van der Waals surface area contributed by atoms with Gasteiger partial charge in [-0.05, 0) is 43.5 Å². The van der Waals surface area contributed by atoms with Crippen LogP contribution in [0.4, 0.5) is 0 Å². The first-order valence-electron chi connectivity index (χ1n) is 6.04. The summed E-state index contributed by atoms with van der Waals surface area (Å²) < 4.78 is 0. The zero-order valence-corrected chi connectivity index (χ0v) is 10.6. The van der Waals surface area contributed by atoms with E-state index in [0.29, 0.717) is 0 Å². The Balaban J connectivity index is 2.36. The third-order valence-corrected chi connectivity index (χ3v) is 3.77. The van der Waals surface area contributed by atoms with Gasteiger partial charge in [0.15, 0.2) is 0 Å². The lowest BCUT2D eigenvalue weighted by Gasteiger charge is -2.12. The predicted molar refractivity (Wildman–Crippen MR) is 71.5 cm³/mol. The van der Waals surface area contributed by atoms with Crippen molar-refractivity contribution in [2.45, 2.75) is 25.8 Å². The summed E-state index contributed by atoms with van der Waals surface area (Å²) in [6.45, 7) is 0.891. The van der Waals surface area contributed by atoms with Gasteiger partial charge in [-0.1, -0.05) is 23.7 Å². The molecule has 88 valence electrons. The van der Waals surface area contributed by atoms with E-state index in [1.54, 1.807) is 0 Å². The molecule has 3 heteroatoms. The van der Waals surface area contributed by atoms with Crippen LogP contribution in [0.5, 0.6) is 0 Å². The molecule has 0 bridgehead atoms. The van der Waals surface area contributed by atoms with E-state index >= 15 is 0 Å². The minimum Gasteiger partial charge on any atom is -0.316 e. The van der Waals surface area contributed by atoms with Crippen LogP contribution in [0, 0.1) is 0 Å². The van der Waals surface area contributed by atoms with Crippen molar-refractivity contribution < 1.29 is 0 Å². The van der Waals surface area contributed by atoms with Gasteiger partial charge in [-0.3, -0.25) is 4.98 Å². The van der Waals surface area contributed by atoms with Crippen molar-refractivity contribution in [3.05, 3.63) is 40.0 Å². The van der Waals surface area contributed by atoms with Crippen molar-refractivity contribution >= 4 is 22.5 Å². The van der Waals surface area contributed by atoms with Crippen LogP contribution in [0.15, 0.2) is 18.2 Å². The van der Waals surface area contributed by atoms with Gasteiger partial charge >= 0.3 is 0 Å². The summed E-state index contributed by atoms with van der Waals surface area (Å²) in [4.78, 5) is 4.74. The van der Waals surface area contributed by atoms with Crippen molar-refractivity contribution in [3.8, 4) is 0 Å². The molecule has 2 nitrogen and oxygen atoms in total. The molecule has 0 radical (unpaired) electrons. The minimum absolute atomic E-state index is 0.759. The Hall–Kier alpha value is -1.12. The summed E-state index contributed by atoms with van der Waals surface area (Å²) in [6.07, 6.45) is 3.46. The van der Waals surface area contributed by atoms with E-state index in [-0.39, 0.29) is 0 Å². The Kier molecular flexibility index (Phi) is 2.77. The standard InChI is InChI=1S/C14H15ClN2/c1-16-8-11-9-4-3-7-13(9)17-14-10(11)5-2-6-12(14)15/h2,5-6,16H,3-4,7-8H2,1H3. The van der Waals surface area contributed by atoms with Crippen LogP contribution in [0.2, 0.25) is 5.02 Å². The van der Waals surface area contributed by atoms with Gasteiger partial charge in [0.1, 0.15) is 0 Å². The Morgan fingerprint density at radius 2 is 2.24 bits per heavy atom. The number of para-hydroxylation sites is 1. The largest absolute Gasteiger partial charge is 0.316 e. The Labute approximate surface area is 106 Å². The fourth-order valence-corrected chi connectivity index (χ4v) is 2.94. The number of nitrogens with one attached hydrogen (secondary N) is 1. The van der Waals surface area contributed by atoms with E-state index in [9.17, 15) is 0 Å². The molecule has 0 aliphatic heterocycles. The van der Waals surface area contributed by atoms with Crippen LogP contribution < -0.4 is 5.32 Å². The number of rotatable bonds is 2. The molecular weight excluding hydrogens is 232 g/mol. The summed E-state index contributed by atoms with van der Waals surface area (Å²) in [5.41, 5.74) is 5.03. The average molecular weight is 247 g/mol. The van der Waals surface area contributed by atoms with Gasteiger partial charge in [0.05, 0.1) is 10.5 Å². The van der Waals surface area contributed by atoms with Gasteiger partial charge in [0, 0.05) is 17.6 Å². The number of hydrogen-bond donors (Lipinski definition) is 1. The number of halogens is 1. The van der Waals surface area contributed by atoms with Crippen LogP contribution in [-0.2, 0) is 19.4 Å². The number of nitrogens with zero attached hydrogens (tertiary/aromatic N) is 1. The third-order valence-electron chi connectivity index (χ3n) is 3.47. The van der Waals surface area contributed by atoms with Gasteiger partial charge in [0.25, 0.3) is 0 Å². The van der Waals surface area contributed by atoms with E-state index in [1.165, 1.54) is 28.6 Å². The second kappa shape index (κ2) is 4.28. The summed E-state index contributed by atoms with van der Waals surface area (Å²) >= 11 is 6.25. The van der Waals surface area contributed by atoms with Gasteiger partial charge in [-0.2, -0.15) is 0 Å². The second-order valence-electron chi connectivity index (χ2n) is 4.54. The van der Waals surface area contributed by atoms with Crippen molar-refractivity contribution in [2.24, 2.45) is 0 Å². The molecule has 1 aromatic heterocycles. The lowest BCUT2D eigenvalue weighted by molar-refractivity contribution is 0.809. The molecule has 0 spiro atoms.